The number of ether oxygens (including phenoxy) is 5. The van der Waals surface area contributed by atoms with Crippen molar-refractivity contribution in [1.82, 2.24) is 10.6 Å². The molecule has 1 aliphatic heterocycles. The highest BCUT2D eigenvalue weighted by atomic mass is 16.8. The van der Waals surface area contributed by atoms with E-state index in [-0.39, 0.29) is 37.4 Å². The van der Waals surface area contributed by atoms with Gasteiger partial charge in [-0.25, -0.2) is 9.59 Å². The Morgan fingerprint density at radius 1 is 0.936 bits per heavy atom. The van der Waals surface area contributed by atoms with E-state index in [9.17, 15) is 19.2 Å². The third-order valence-corrected chi connectivity index (χ3v) is 6.90. The minimum Gasteiger partial charge on any atom is -0.491 e. The molecule has 3 aromatic rings. The summed E-state index contributed by atoms with van der Waals surface area (Å²) in [5, 5.41) is 13.5. The van der Waals surface area contributed by atoms with Gasteiger partial charge in [0.15, 0.2) is 0 Å². The third-order valence-electron chi connectivity index (χ3n) is 6.90. The van der Waals surface area contributed by atoms with Crippen molar-refractivity contribution in [2.75, 3.05) is 6.61 Å². The molecule has 3 atom stereocenters. The van der Waals surface area contributed by atoms with E-state index in [1.165, 1.54) is 6.92 Å². The van der Waals surface area contributed by atoms with Gasteiger partial charge in [0.1, 0.15) is 30.4 Å². The average Bonchev–Trinajstić information content (AvgIpc) is 3.36. The zero-order valence-electron chi connectivity index (χ0n) is 26.7. The van der Waals surface area contributed by atoms with Crippen molar-refractivity contribution < 1.29 is 42.9 Å². The maximum Gasteiger partial charge on any atom is 0.511 e. The Kier molecular flexibility index (Phi) is 11.6. The summed E-state index contributed by atoms with van der Waals surface area (Å²) in [5.74, 6) is -0.996. The van der Waals surface area contributed by atoms with Crippen LogP contribution in [0.1, 0.15) is 51.7 Å². The lowest BCUT2D eigenvalue weighted by Gasteiger charge is -2.21. The van der Waals surface area contributed by atoms with Crippen LogP contribution in [0.4, 0.5) is 9.59 Å². The van der Waals surface area contributed by atoms with Gasteiger partial charge in [0, 0.05) is 12.5 Å². The molecular weight excluding hydrogens is 606 g/mol. The van der Waals surface area contributed by atoms with Gasteiger partial charge >= 0.3 is 18.2 Å². The zero-order valence-corrected chi connectivity index (χ0v) is 26.7. The predicted octanol–water partition coefficient (Wildman–Crippen LogP) is 5.72. The van der Waals surface area contributed by atoms with E-state index in [0.717, 1.165) is 16.7 Å². The Bertz CT molecular complexity index is 1550. The number of carbonyl (C=O) groups is 4. The van der Waals surface area contributed by atoms with Crippen LogP contribution in [0.2, 0.25) is 0 Å². The summed E-state index contributed by atoms with van der Waals surface area (Å²) in [5.41, 5.74) is 2.46. The normalized spacial score (nSPS) is 16.3. The molecule has 0 saturated carbocycles. The molecule has 1 fully saturated rings. The standard InChI is InChI=1S/C35H39N3O9/c1-22(46-34(42)47-35(2,3)4)45-30(39)19-27-18-28(37-32(27)40)21-43-29-16-14-25(15-17-29)24-10-12-26(13-11-24)31(36)38-33(41)44-20-23-8-6-5-7-9-23/h5-17,22,27-28H,18-21H2,1-4H3,(H,37,40)(H2,36,38,41)/t22?,27-,28-/m0/s1. The number of rotatable bonds is 11. The van der Waals surface area contributed by atoms with E-state index < -0.39 is 36.0 Å². The molecule has 1 heterocycles. The second-order valence-corrected chi connectivity index (χ2v) is 12.0. The van der Waals surface area contributed by atoms with Crippen LogP contribution in [0.15, 0.2) is 78.9 Å². The number of amides is 2. The SMILES string of the molecule is CC(OC(=O)C[C@@H]1C[C@@H](COc2ccc(-c3ccc(C(=N)NC(=O)OCc4ccccc4)cc3)cc2)NC1=O)OC(=O)OC(C)(C)C. The number of alkyl carbamates (subject to hydrolysis) is 1. The maximum absolute atomic E-state index is 12.4. The molecule has 47 heavy (non-hydrogen) atoms. The predicted molar refractivity (Wildman–Crippen MR) is 171 cm³/mol. The summed E-state index contributed by atoms with van der Waals surface area (Å²) in [7, 11) is 0. The molecule has 4 rings (SSSR count). The number of esters is 1. The third kappa shape index (κ3) is 11.2. The lowest BCUT2D eigenvalue weighted by Crippen LogP contribution is -2.31. The molecule has 1 saturated heterocycles. The summed E-state index contributed by atoms with van der Waals surface area (Å²) in [6.07, 6.45) is -2.59. The van der Waals surface area contributed by atoms with E-state index in [0.29, 0.717) is 17.7 Å². The number of nitrogens with one attached hydrogen (secondary N) is 3. The minimum absolute atomic E-state index is 0.0710. The molecule has 1 aliphatic rings. The quantitative estimate of drug-likeness (QED) is 0.0778. The number of carbonyl (C=O) groups excluding carboxylic acids is 4. The number of hydrogen-bond donors (Lipinski definition) is 3. The first-order valence-electron chi connectivity index (χ1n) is 15.1. The number of benzene rings is 3. The van der Waals surface area contributed by atoms with Crippen molar-refractivity contribution in [2.45, 2.75) is 65.1 Å². The lowest BCUT2D eigenvalue weighted by atomic mass is 10.0. The van der Waals surface area contributed by atoms with Gasteiger partial charge in [-0.1, -0.05) is 66.7 Å². The molecular formula is C35H39N3O9. The molecule has 0 aliphatic carbocycles. The highest BCUT2D eigenvalue weighted by Gasteiger charge is 2.35. The van der Waals surface area contributed by atoms with Crippen LogP contribution in [0.3, 0.4) is 0 Å². The maximum atomic E-state index is 12.4. The highest BCUT2D eigenvalue weighted by molar-refractivity contribution is 6.04. The average molecular weight is 646 g/mol. The summed E-state index contributed by atoms with van der Waals surface area (Å²) in [6.45, 7) is 6.78. The Hall–Kier alpha value is -5.39. The van der Waals surface area contributed by atoms with Gasteiger partial charge < -0.3 is 29.0 Å². The van der Waals surface area contributed by atoms with Gasteiger partial charge in [-0.3, -0.25) is 20.3 Å². The first kappa shape index (κ1) is 34.5. The summed E-state index contributed by atoms with van der Waals surface area (Å²) >= 11 is 0. The number of amidine groups is 1. The largest absolute Gasteiger partial charge is 0.511 e. The van der Waals surface area contributed by atoms with Crippen LogP contribution in [0, 0.1) is 11.3 Å². The number of hydrogen-bond acceptors (Lipinski definition) is 10. The van der Waals surface area contributed by atoms with Gasteiger partial charge in [0.25, 0.3) is 0 Å². The second-order valence-electron chi connectivity index (χ2n) is 12.0. The van der Waals surface area contributed by atoms with E-state index in [2.05, 4.69) is 10.6 Å². The molecule has 12 heteroatoms. The van der Waals surface area contributed by atoms with Crippen molar-refractivity contribution in [2.24, 2.45) is 5.92 Å². The highest BCUT2D eigenvalue weighted by Crippen LogP contribution is 2.25. The molecule has 0 aromatic heterocycles. The van der Waals surface area contributed by atoms with E-state index in [1.807, 2.05) is 66.7 Å². The van der Waals surface area contributed by atoms with Gasteiger partial charge in [-0.15, -0.1) is 0 Å². The monoisotopic (exact) mass is 645 g/mol. The topological polar surface area (TPSA) is 162 Å². The zero-order chi connectivity index (χ0) is 34.0. The molecule has 0 spiro atoms. The second kappa shape index (κ2) is 15.7. The molecule has 3 N–H and O–H groups in total. The van der Waals surface area contributed by atoms with E-state index in [1.54, 1.807) is 32.9 Å². The van der Waals surface area contributed by atoms with Crippen LogP contribution in [0.5, 0.6) is 5.75 Å². The smallest absolute Gasteiger partial charge is 0.491 e. The van der Waals surface area contributed by atoms with Crippen molar-refractivity contribution in [1.29, 1.82) is 5.41 Å². The first-order chi connectivity index (χ1) is 22.3. The van der Waals surface area contributed by atoms with Crippen LogP contribution >= 0.6 is 0 Å². The first-order valence-corrected chi connectivity index (χ1v) is 15.1. The lowest BCUT2D eigenvalue weighted by molar-refractivity contribution is -0.171. The molecule has 1 unspecified atom stereocenters. The molecule has 3 aromatic carbocycles. The molecule has 2 amide bonds. The van der Waals surface area contributed by atoms with Gasteiger partial charge in [0.05, 0.1) is 18.4 Å². The Morgan fingerprint density at radius 3 is 2.21 bits per heavy atom. The molecule has 248 valence electrons. The summed E-state index contributed by atoms with van der Waals surface area (Å²) in [4.78, 5) is 48.6. The van der Waals surface area contributed by atoms with Gasteiger partial charge in [-0.2, -0.15) is 0 Å². The fraction of sp³-hybridized carbons (Fsp3) is 0.343. The molecule has 12 nitrogen and oxygen atoms in total. The fourth-order valence-corrected chi connectivity index (χ4v) is 4.69. The van der Waals surface area contributed by atoms with E-state index >= 15 is 0 Å². The van der Waals surface area contributed by atoms with E-state index in [4.69, 9.17) is 29.1 Å². The molecule has 0 radical (unpaired) electrons. The van der Waals surface area contributed by atoms with Crippen molar-refractivity contribution in [3.8, 4) is 16.9 Å². The Labute approximate surface area is 273 Å². The van der Waals surface area contributed by atoms with Crippen molar-refractivity contribution in [3.05, 3.63) is 90.0 Å². The summed E-state index contributed by atoms with van der Waals surface area (Å²) in [6, 6.07) is 23.6. The molecule has 0 bridgehead atoms. The Balaban J connectivity index is 1.18. The van der Waals surface area contributed by atoms with Crippen LogP contribution < -0.4 is 15.4 Å². The van der Waals surface area contributed by atoms with Crippen molar-refractivity contribution >= 4 is 30.0 Å². The fourth-order valence-electron chi connectivity index (χ4n) is 4.69. The van der Waals surface area contributed by atoms with Crippen LogP contribution in [-0.4, -0.2) is 54.5 Å². The van der Waals surface area contributed by atoms with Crippen molar-refractivity contribution in [3.63, 3.8) is 0 Å². The summed E-state index contributed by atoms with van der Waals surface area (Å²) < 4.78 is 26.1. The van der Waals surface area contributed by atoms with Crippen LogP contribution in [0.25, 0.3) is 11.1 Å². The Morgan fingerprint density at radius 2 is 1.57 bits per heavy atom. The van der Waals surface area contributed by atoms with Gasteiger partial charge in [-0.05, 0) is 56.0 Å². The minimum atomic E-state index is -1.16. The van der Waals surface area contributed by atoms with Gasteiger partial charge in [0.2, 0.25) is 12.2 Å². The van der Waals surface area contributed by atoms with Crippen LogP contribution in [-0.2, 0) is 35.1 Å².